The van der Waals surface area contributed by atoms with Gasteiger partial charge in [-0.2, -0.15) is 0 Å². The summed E-state index contributed by atoms with van der Waals surface area (Å²) in [6, 6.07) is 0. The fourth-order valence-electron chi connectivity index (χ4n) is 1.05. The third-order valence-corrected chi connectivity index (χ3v) is 2.18. The zero-order valence-electron chi connectivity index (χ0n) is 7.95. The van der Waals surface area contributed by atoms with Gasteiger partial charge >= 0.3 is 12.3 Å². The van der Waals surface area contributed by atoms with Gasteiger partial charge in [0.25, 0.3) is 0 Å². The number of nitrogens with zero attached hydrogens (tertiary/aromatic N) is 1. The van der Waals surface area contributed by atoms with Crippen molar-refractivity contribution in [2.24, 2.45) is 0 Å². The molecule has 94 valence electrons. The zero-order valence-corrected chi connectivity index (χ0v) is 9.54. The van der Waals surface area contributed by atoms with Crippen molar-refractivity contribution in [1.29, 1.82) is 0 Å². The molecule has 0 atom stereocenters. The summed E-state index contributed by atoms with van der Waals surface area (Å²) in [6.07, 6.45) is -4.33. The Kier molecular flexibility index (Phi) is 3.81. The van der Waals surface area contributed by atoms with Crippen molar-refractivity contribution in [1.82, 2.24) is 4.98 Å². The highest BCUT2D eigenvalue weighted by Gasteiger charge is 2.35. The topological polar surface area (TPSA) is 79.7 Å². The predicted octanol–water partition coefficient (Wildman–Crippen LogP) is 2.28. The van der Waals surface area contributed by atoms with Crippen molar-refractivity contribution in [2.75, 3.05) is 0 Å². The van der Waals surface area contributed by atoms with Gasteiger partial charge in [0.05, 0.1) is 11.9 Å². The molecule has 9 heteroatoms. The number of aromatic nitrogens is 1. The van der Waals surface area contributed by atoms with Gasteiger partial charge in [0.2, 0.25) is 0 Å². The van der Waals surface area contributed by atoms with E-state index in [1.54, 1.807) is 0 Å². The van der Waals surface area contributed by atoms with Crippen LogP contribution in [0, 0.1) is 0 Å². The molecular formula is C8H5BrF3NO4. The summed E-state index contributed by atoms with van der Waals surface area (Å²) < 4.78 is 39.8. The molecular weight excluding hydrogens is 311 g/mol. The van der Waals surface area contributed by atoms with Crippen molar-refractivity contribution in [2.45, 2.75) is 11.7 Å². The van der Waals surface area contributed by atoms with Crippen LogP contribution in [0.1, 0.15) is 16.1 Å². The molecule has 1 heterocycles. The lowest BCUT2D eigenvalue weighted by Gasteiger charge is -2.14. The van der Waals surface area contributed by atoms with Crippen LogP contribution in [0.3, 0.4) is 0 Å². The van der Waals surface area contributed by atoms with E-state index in [1.165, 1.54) is 0 Å². The number of aromatic hydroxyl groups is 1. The molecule has 0 fully saturated rings. The van der Waals surface area contributed by atoms with Gasteiger partial charge in [-0.3, -0.25) is 4.98 Å². The molecule has 5 nitrogen and oxygen atoms in total. The number of ether oxygens (including phenoxy) is 1. The molecule has 1 rings (SSSR count). The molecule has 17 heavy (non-hydrogen) atoms. The van der Waals surface area contributed by atoms with Gasteiger partial charge in [-0.05, 0) is 0 Å². The summed E-state index contributed by atoms with van der Waals surface area (Å²) in [7, 11) is 0. The average molecular weight is 316 g/mol. The summed E-state index contributed by atoms with van der Waals surface area (Å²) in [5.41, 5.74) is -1.26. The highest BCUT2D eigenvalue weighted by molar-refractivity contribution is 9.08. The first-order valence-corrected chi connectivity index (χ1v) is 5.14. The second kappa shape index (κ2) is 4.78. The lowest BCUT2D eigenvalue weighted by atomic mass is 10.2. The van der Waals surface area contributed by atoms with Gasteiger partial charge in [-0.25, -0.2) is 4.79 Å². The van der Waals surface area contributed by atoms with Crippen molar-refractivity contribution < 1.29 is 32.9 Å². The lowest BCUT2D eigenvalue weighted by Crippen LogP contribution is -2.20. The maximum absolute atomic E-state index is 12.1. The number of halogens is 4. The quantitative estimate of drug-likeness (QED) is 0.836. The van der Waals surface area contributed by atoms with E-state index in [-0.39, 0.29) is 11.0 Å². The molecule has 1 aromatic rings. The molecule has 2 N–H and O–H groups in total. The Labute approximate surface area is 101 Å². The Hall–Kier alpha value is -1.51. The first kappa shape index (κ1) is 13.6. The SMILES string of the molecule is O=C(O)c1c(O)cnc(CBr)c1OC(F)(F)F. The van der Waals surface area contributed by atoms with Crippen LogP contribution >= 0.6 is 15.9 Å². The minimum Gasteiger partial charge on any atom is -0.505 e. The van der Waals surface area contributed by atoms with Crippen LogP contribution in [0.2, 0.25) is 0 Å². The van der Waals surface area contributed by atoms with Crippen molar-refractivity contribution in [3.63, 3.8) is 0 Å². The zero-order chi connectivity index (χ0) is 13.2. The molecule has 1 aromatic heterocycles. The molecule has 0 bridgehead atoms. The minimum absolute atomic E-state index is 0.154. The summed E-state index contributed by atoms with van der Waals surface area (Å²) in [5.74, 6) is -3.67. The summed E-state index contributed by atoms with van der Waals surface area (Å²) in [6.45, 7) is 0. The second-order valence-electron chi connectivity index (χ2n) is 2.78. The maximum atomic E-state index is 12.1. The lowest BCUT2D eigenvalue weighted by molar-refractivity contribution is -0.275. The molecule has 0 saturated carbocycles. The smallest absolute Gasteiger partial charge is 0.505 e. The van der Waals surface area contributed by atoms with E-state index >= 15 is 0 Å². The summed E-state index contributed by atoms with van der Waals surface area (Å²) >= 11 is 2.84. The molecule has 0 aliphatic carbocycles. The molecule has 0 aliphatic rings. The van der Waals surface area contributed by atoms with Crippen LogP contribution in [-0.2, 0) is 5.33 Å². The number of carboxylic acids is 1. The highest BCUT2D eigenvalue weighted by atomic mass is 79.9. The first-order valence-electron chi connectivity index (χ1n) is 4.02. The van der Waals surface area contributed by atoms with Gasteiger partial charge in [-0.1, -0.05) is 15.9 Å². The standard InChI is InChI=1S/C8H5BrF3NO4/c9-1-3-6(17-8(10,11)12)5(7(15)16)4(14)2-13-3/h2,14H,1H2,(H,15,16). The number of pyridine rings is 1. The molecule has 0 radical (unpaired) electrons. The second-order valence-corrected chi connectivity index (χ2v) is 3.34. The summed E-state index contributed by atoms with van der Waals surface area (Å²) in [5, 5.41) is 17.7. The molecule has 0 saturated heterocycles. The molecule has 0 aromatic carbocycles. The van der Waals surface area contributed by atoms with E-state index in [2.05, 4.69) is 25.7 Å². The Morgan fingerprint density at radius 2 is 2.12 bits per heavy atom. The van der Waals surface area contributed by atoms with Gasteiger partial charge in [-0.15, -0.1) is 13.2 Å². The van der Waals surface area contributed by atoms with Crippen LogP contribution < -0.4 is 4.74 Å². The Morgan fingerprint density at radius 1 is 1.53 bits per heavy atom. The molecule has 0 unspecified atom stereocenters. The van der Waals surface area contributed by atoms with Gasteiger partial charge < -0.3 is 14.9 Å². The van der Waals surface area contributed by atoms with E-state index in [0.717, 1.165) is 6.20 Å². The minimum atomic E-state index is -5.07. The van der Waals surface area contributed by atoms with Gasteiger partial charge in [0, 0.05) is 5.33 Å². The third-order valence-electron chi connectivity index (χ3n) is 1.65. The van der Waals surface area contributed by atoms with E-state index in [4.69, 9.17) is 5.11 Å². The Morgan fingerprint density at radius 3 is 2.53 bits per heavy atom. The largest absolute Gasteiger partial charge is 0.573 e. The number of aromatic carboxylic acids is 1. The first-order chi connectivity index (χ1) is 7.76. The maximum Gasteiger partial charge on any atom is 0.573 e. The monoisotopic (exact) mass is 315 g/mol. The van der Waals surface area contributed by atoms with E-state index in [9.17, 15) is 23.1 Å². The fourth-order valence-corrected chi connectivity index (χ4v) is 1.45. The van der Waals surface area contributed by atoms with E-state index in [0.29, 0.717) is 0 Å². The summed E-state index contributed by atoms with van der Waals surface area (Å²) in [4.78, 5) is 14.2. The van der Waals surface area contributed by atoms with Crippen molar-refractivity contribution in [3.8, 4) is 11.5 Å². The number of hydrogen-bond donors (Lipinski definition) is 2. The average Bonchev–Trinajstić information content (AvgIpc) is 2.15. The van der Waals surface area contributed by atoms with E-state index in [1.807, 2.05) is 0 Å². The van der Waals surface area contributed by atoms with Gasteiger partial charge in [0.15, 0.2) is 11.5 Å². The number of rotatable bonds is 3. The van der Waals surface area contributed by atoms with Gasteiger partial charge in [0.1, 0.15) is 5.56 Å². The van der Waals surface area contributed by atoms with Crippen LogP contribution in [0.4, 0.5) is 13.2 Å². The normalized spacial score (nSPS) is 11.3. The number of alkyl halides is 4. The van der Waals surface area contributed by atoms with Crippen molar-refractivity contribution >= 4 is 21.9 Å². The van der Waals surface area contributed by atoms with Crippen LogP contribution in [0.15, 0.2) is 6.20 Å². The molecule has 0 amide bonds. The van der Waals surface area contributed by atoms with Crippen LogP contribution in [0.25, 0.3) is 0 Å². The third kappa shape index (κ3) is 3.22. The molecule has 0 aliphatic heterocycles. The van der Waals surface area contributed by atoms with E-state index < -0.39 is 29.4 Å². The predicted molar refractivity (Wildman–Crippen MR) is 52.2 cm³/mol. The van der Waals surface area contributed by atoms with Crippen LogP contribution in [0.5, 0.6) is 11.5 Å². The Bertz CT molecular complexity index is 449. The van der Waals surface area contributed by atoms with Crippen molar-refractivity contribution in [3.05, 3.63) is 17.5 Å². The fraction of sp³-hybridized carbons (Fsp3) is 0.250. The van der Waals surface area contributed by atoms with Crippen LogP contribution in [-0.4, -0.2) is 27.5 Å². The highest BCUT2D eigenvalue weighted by Crippen LogP contribution is 2.34. The number of hydrogen-bond acceptors (Lipinski definition) is 4. The number of carboxylic acid groups (broad SMARTS) is 1. The number of carbonyl (C=O) groups is 1. The molecule has 0 spiro atoms. The Balaban J connectivity index is 3.40.